The highest BCUT2D eigenvalue weighted by atomic mass is 15.1. The van der Waals surface area contributed by atoms with Gasteiger partial charge in [0, 0.05) is 27.5 Å². The van der Waals surface area contributed by atoms with Crippen LogP contribution < -0.4 is 0 Å². The molecule has 0 saturated carbocycles. The van der Waals surface area contributed by atoms with E-state index in [2.05, 4.69) is 255 Å². The normalized spacial score (nSPS) is 13.8. The summed E-state index contributed by atoms with van der Waals surface area (Å²) in [6.07, 6.45) is 0. The van der Waals surface area contributed by atoms with Crippen LogP contribution in [0, 0.1) is 17.9 Å². The monoisotopic (exact) mass is 959 g/mol. The number of rotatable bonds is 3. The number of benzene rings is 7. The Balaban J connectivity index is 1.43. The van der Waals surface area contributed by atoms with Crippen molar-refractivity contribution < 1.29 is 0 Å². The Morgan fingerprint density at radius 2 is 0.671 bits per heavy atom. The number of nitriles is 1. The van der Waals surface area contributed by atoms with Gasteiger partial charge in [-0.2, -0.15) is 5.26 Å². The van der Waals surface area contributed by atoms with Gasteiger partial charge < -0.3 is 9.13 Å². The Bertz CT molecular complexity index is 3660. The van der Waals surface area contributed by atoms with Gasteiger partial charge in [-0.1, -0.05) is 185 Å². The topological polar surface area (TPSA) is 38.0 Å². The van der Waals surface area contributed by atoms with E-state index in [0.717, 1.165) is 66.0 Å². The van der Waals surface area contributed by atoms with E-state index >= 15 is 0 Å². The van der Waals surface area contributed by atoms with Gasteiger partial charge in [-0.25, -0.2) is 4.85 Å². The van der Waals surface area contributed by atoms with Gasteiger partial charge in [0.05, 0.1) is 45.6 Å². The Hall–Kier alpha value is -6.88. The molecule has 4 heteroatoms. The Morgan fingerprint density at radius 3 is 0.959 bits per heavy atom. The molecule has 0 amide bonds. The van der Waals surface area contributed by atoms with Crippen molar-refractivity contribution in [3.8, 4) is 28.6 Å². The molecule has 0 N–H and O–H groups in total. The predicted molar refractivity (Wildman–Crippen MR) is 311 cm³/mol. The first-order valence-corrected chi connectivity index (χ1v) is 26.4. The van der Waals surface area contributed by atoms with E-state index in [1.807, 2.05) is 0 Å². The Labute approximate surface area is 435 Å². The molecule has 0 atom stereocenters. The van der Waals surface area contributed by atoms with Crippen LogP contribution in [0.2, 0.25) is 0 Å². The van der Waals surface area contributed by atoms with Gasteiger partial charge in [-0.3, -0.25) is 0 Å². The molecule has 0 saturated heterocycles. The number of hydrogen-bond donors (Lipinski definition) is 0. The lowest BCUT2D eigenvalue weighted by molar-refractivity contribution is 0.589. The van der Waals surface area contributed by atoms with Crippen molar-refractivity contribution in [3.63, 3.8) is 0 Å². The molecule has 0 radical (unpaired) electrons. The van der Waals surface area contributed by atoms with Crippen LogP contribution in [0.4, 0.5) is 5.69 Å². The number of fused-ring (bicyclic) bond motifs is 9. The molecular formula is C69H74N4. The smallest absolute Gasteiger partial charge is 0.216 e. The van der Waals surface area contributed by atoms with Gasteiger partial charge in [0.2, 0.25) is 5.69 Å². The Kier molecular flexibility index (Phi) is 11.1. The third-order valence-electron chi connectivity index (χ3n) is 16.0. The van der Waals surface area contributed by atoms with Gasteiger partial charge >= 0.3 is 0 Å². The van der Waals surface area contributed by atoms with Crippen LogP contribution in [0.5, 0.6) is 0 Å². The lowest BCUT2D eigenvalue weighted by Gasteiger charge is -2.26. The van der Waals surface area contributed by atoms with Gasteiger partial charge in [0.25, 0.3) is 0 Å². The minimum atomic E-state index is -0.299. The fraction of sp³-hybridized carbons (Fsp3) is 0.362. The molecule has 0 spiro atoms. The molecular weight excluding hydrogens is 885 g/mol. The zero-order chi connectivity index (χ0) is 52.9. The standard InChI is InChI=1S/C69H74N4/c1-64(2,3)41-20-26-47-49(33-41)50-34-42(65(4,5)6)21-27-48(50)60(47)55-32-40(39-70)62(72-56-28-22-43(66(7,8)9)35-51(56)52-36-44(67(10,11)12)23-29-57(52)72)63(61(55)71-19)73-58-30-24-45(68(13,14)15)37-53(58)54-38-46(69(16,17)18)25-31-59(54)73/h20-38,60H,1-18H3. The summed E-state index contributed by atoms with van der Waals surface area (Å²) in [5.41, 5.74) is 19.1. The highest BCUT2D eigenvalue weighted by Crippen LogP contribution is 2.55. The average Bonchev–Trinajstić information content (AvgIpc) is 3.93. The molecule has 0 aliphatic heterocycles. The summed E-state index contributed by atoms with van der Waals surface area (Å²) in [7, 11) is 0. The first kappa shape index (κ1) is 49.7. The van der Waals surface area contributed by atoms with Crippen LogP contribution in [0.3, 0.4) is 0 Å². The zero-order valence-electron chi connectivity index (χ0n) is 46.8. The van der Waals surface area contributed by atoms with Gasteiger partial charge in [0.1, 0.15) is 6.07 Å². The molecule has 2 heterocycles. The lowest BCUT2D eigenvalue weighted by Crippen LogP contribution is -2.13. The number of hydrogen-bond acceptors (Lipinski definition) is 1. The maximum atomic E-state index is 12.0. The third-order valence-corrected chi connectivity index (χ3v) is 16.0. The van der Waals surface area contributed by atoms with Gasteiger partial charge in [-0.05, 0) is 148 Å². The first-order chi connectivity index (χ1) is 33.9. The number of nitrogens with zero attached hydrogens (tertiary/aromatic N) is 4. The molecule has 4 nitrogen and oxygen atoms in total. The van der Waals surface area contributed by atoms with Crippen LogP contribution >= 0.6 is 0 Å². The second-order valence-corrected chi connectivity index (χ2v) is 27.4. The maximum absolute atomic E-state index is 12.0. The number of aromatic nitrogens is 2. The average molecular weight is 959 g/mol. The molecule has 10 rings (SSSR count). The largest absolute Gasteiger partial charge is 0.317 e. The summed E-state index contributed by atoms with van der Waals surface area (Å²) in [6.45, 7) is 50.5. The highest BCUT2D eigenvalue weighted by molar-refractivity contribution is 6.13. The first-order valence-electron chi connectivity index (χ1n) is 26.4. The molecule has 0 unspecified atom stereocenters. The summed E-state index contributed by atoms with van der Waals surface area (Å²) in [5.74, 6) is -0.299. The van der Waals surface area contributed by atoms with E-state index in [0.29, 0.717) is 16.9 Å². The summed E-state index contributed by atoms with van der Waals surface area (Å²) in [5, 5.41) is 16.5. The van der Waals surface area contributed by atoms with Crippen molar-refractivity contribution in [3.05, 3.63) is 182 Å². The molecule has 73 heavy (non-hydrogen) atoms. The second kappa shape index (κ2) is 16.3. The summed E-state index contributed by atoms with van der Waals surface area (Å²) in [6, 6.07) is 46.4. The lowest BCUT2D eigenvalue weighted by atomic mass is 9.82. The van der Waals surface area contributed by atoms with E-state index in [9.17, 15) is 11.8 Å². The molecule has 7 aromatic carbocycles. The summed E-state index contributed by atoms with van der Waals surface area (Å²) >= 11 is 0. The SMILES string of the molecule is [C-]#[N+]c1c(C2c3ccc(C(C)(C)C)cc3-c3cc(C(C)(C)C)ccc32)cc(C#N)c(-n2c3ccc(C(C)(C)C)cc3c3cc(C(C)(C)C)ccc32)c1-n1c2ccc(C(C)(C)C)cc2c2cc(C(C)(C)C)ccc21. The van der Waals surface area contributed by atoms with E-state index < -0.39 is 0 Å². The maximum Gasteiger partial charge on any atom is 0.216 e. The van der Waals surface area contributed by atoms with E-state index in [1.54, 1.807) is 0 Å². The fourth-order valence-electron chi connectivity index (χ4n) is 11.4. The molecule has 2 aromatic heterocycles. The van der Waals surface area contributed by atoms with Crippen molar-refractivity contribution in [2.75, 3.05) is 0 Å². The molecule has 9 aromatic rings. The van der Waals surface area contributed by atoms with Crippen LogP contribution in [-0.4, -0.2) is 9.13 Å². The Morgan fingerprint density at radius 1 is 0.384 bits per heavy atom. The van der Waals surface area contributed by atoms with Gasteiger partial charge in [0.15, 0.2) is 0 Å². The van der Waals surface area contributed by atoms with E-state index in [-0.39, 0.29) is 38.4 Å². The minimum absolute atomic E-state index is 0.0702. The zero-order valence-corrected chi connectivity index (χ0v) is 46.8. The second-order valence-electron chi connectivity index (χ2n) is 27.4. The predicted octanol–water partition coefficient (Wildman–Crippen LogP) is 19.2. The summed E-state index contributed by atoms with van der Waals surface area (Å²) < 4.78 is 4.67. The summed E-state index contributed by atoms with van der Waals surface area (Å²) in [4.78, 5) is 4.76. The minimum Gasteiger partial charge on any atom is -0.317 e. The third kappa shape index (κ3) is 8.09. The van der Waals surface area contributed by atoms with Crippen LogP contribution in [-0.2, 0) is 32.5 Å². The van der Waals surface area contributed by atoms with Crippen molar-refractivity contribution in [1.82, 2.24) is 9.13 Å². The van der Waals surface area contributed by atoms with Crippen molar-refractivity contribution in [1.29, 1.82) is 5.26 Å². The quantitative estimate of drug-likeness (QED) is 0.163. The van der Waals surface area contributed by atoms with Crippen molar-refractivity contribution >= 4 is 49.3 Å². The van der Waals surface area contributed by atoms with E-state index in [1.165, 1.54) is 44.5 Å². The molecule has 0 bridgehead atoms. The molecule has 370 valence electrons. The highest BCUT2D eigenvalue weighted by Gasteiger charge is 2.37. The van der Waals surface area contributed by atoms with Crippen LogP contribution in [0.1, 0.15) is 186 Å². The molecule has 0 fully saturated rings. The van der Waals surface area contributed by atoms with Crippen LogP contribution in [0.25, 0.3) is 71.0 Å². The van der Waals surface area contributed by atoms with Crippen molar-refractivity contribution in [2.45, 2.75) is 163 Å². The molecule has 1 aliphatic carbocycles. The van der Waals surface area contributed by atoms with E-state index in [4.69, 9.17) is 4.85 Å². The molecule has 1 aliphatic rings. The van der Waals surface area contributed by atoms with Gasteiger partial charge in [-0.15, -0.1) is 0 Å². The fourth-order valence-corrected chi connectivity index (χ4v) is 11.4. The van der Waals surface area contributed by atoms with Crippen molar-refractivity contribution in [2.24, 2.45) is 0 Å². The van der Waals surface area contributed by atoms with Crippen LogP contribution in [0.15, 0.2) is 115 Å².